The molecule has 1 unspecified atom stereocenters. The second-order valence-corrected chi connectivity index (χ2v) is 4.57. The first-order valence-electron chi connectivity index (χ1n) is 6.10. The Hall–Kier alpha value is -1.16. The van der Waals surface area contributed by atoms with Crippen molar-refractivity contribution < 1.29 is 9.53 Å². The number of aryl methyl sites for hydroxylation is 2. The molecule has 0 radical (unpaired) electrons. The van der Waals surface area contributed by atoms with Crippen LogP contribution in [0.3, 0.4) is 0 Å². The fraction of sp³-hybridized carbons (Fsp3) is 0.692. The summed E-state index contributed by atoms with van der Waals surface area (Å²) in [5.41, 5.74) is 1.99. The molecule has 96 valence electrons. The van der Waals surface area contributed by atoms with Gasteiger partial charge in [0.2, 0.25) is 0 Å². The van der Waals surface area contributed by atoms with E-state index in [0.717, 1.165) is 17.9 Å². The van der Waals surface area contributed by atoms with Gasteiger partial charge in [0.1, 0.15) is 5.78 Å². The molecule has 0 fully saturated rings. The second kappa shape index (κ2) is 6.55. The van der Waals surface area contributed by atoms with Gasteiger partial charge in [0, 0.05) is 38.8 Å². The lowest BCUT2D eigenvalue weighted by atomic mass is 10.0. The normalized spacial score (nSPS) is 12.7. The van der Waals surface area contributed by atoms with Crippen LogP contribution in [0.2, 0.25) is 0 Å². The number of methoxy groups -OCH3 is 1. The van der Waals surface area contributed by atoms with Crippen LogP contribution in [-0.2, 0) is 22.5 Å². The van der Waals surface area contributed by atoms with Crippen molar-refractivity contribution in [3.8, 4) is 0 Å². The molecule has 1 atom stereocenters. The largest absolute Gasteiger partial charge is 0.384 e. The number of ether oxygens (including phenoxy) is 1. The summed E-state index contributed by atoms with van der Waals surface area (Å²) >= 11 is 0. The molecule has 0 aliphatic rings. The van der Waals surface area contributed by atoms with Gasteiger partial charge in [-0.15, -0.1) is 0 Å². The van der Waals surface area contributed by atoms with Crippen LogP contribution in [-0.4, -0.2) is 29.3 Å². The van der Waals surface area contributed by atoms with Crippen molar-refractivity contribution in [2.45, 2.75) is 40.2 Å². The molecular weight excluding hydrogens is 216 g/mol. The summed E-state index contributed by atoms with van der Waals surface area (Å²) in [6.45, 7) is 7.47. The zero-order valence-corrected chi connectivity index (χ0v) is 11.2. The molecule has 0 saturated heterocycles. The lowest BCUT2D eigenvalue weighted by Crippen LogP contribution is -2.14. The van der Waals surface area contributed by atoms with Crippen LogP contribution in [0, 0.1) is 12.8 Å². The molecule has 1 heterocycles. The first kappa shape index (κ1) is 13.9. The smallest absolute Gasteiger partial charge is 0.139 e. The Morgan fingerprint density at radius 2 is 2.29 bits per heavy atom. The molecule has 0 saturated carbocycles. The fourth-order valence-electron chi connectivity index (χ4n) is 2.02. The van der Waals surface area contributed by atoms with Crippen molar-refractivity contribution in [1.82, 2.24) is 9.78 Å². The number of aromatic nitrogens is 2. The predicted octanol–water partition coefficient (Wildman–Crippen LogP) is 2.00. The average molecular weight is 238 g/mol. The Bertz CT molecular complexity index is 371. The molecule has 0 amide bonds. The van der Waals surface area contributed by atoms with Crippen molar-refractivity contribution in [2.75, 3.05) is 13.7 Å². The van der Waals surface area contributed by atoms with Crippen LogP contribution in [0.1, 0.15) is 31.7 Å². The Morgan fingerprint density at radius 1 is 1.59 bits per heavy atom. The summed E-state index contributed by atoms with van der Waals surface area (Å²) < 4.78 is 6.93. The third-order valence-electron chi connectivity index (χ3n) is 2.69. The minimum absolute atomic E-state index is 0.254. The number of nitrogens with zero attached hydrogens (tertiary/aromatic N) is 2. The van der Waals surface area contributed by atoms with Crippen molar-refractivity contribution in [3.63, 3.8) is 0 Å². The molecule has 1 aromatic rings. The maximum atomic E-state index is 11.9. The number of carbonyl (C=O) groups excluding carboxylic acids is 1. The SMILES string of the molecule is CCn1nc(C)cc1CC(=O)CC(C)COC. The average Bonchev–Trinajstić information content (AvgIpc) is 2.58. The van der Waals surface area contributed by atoms with Crippen LogP contribution in [0.15, 0.2) is 6.07 Å². The highest BCUT2D eigenvalue weighted by atomic mass is 16.5. The van der Waals surface area contributed by atoms with Gasteiger partial charge in [-0.2, -0.15) is 5.10 Å². The first-order chi connectivity index (χ1) is 8.06. The quantitative estimate of drug-likeness (QED) is 0.729. The Labute approximate surface area is 103 Å². The van der Waals surface area contributed by atoms with E-state index in [1.807, 2.05) is 31.5 Å². The van der Waals surface area contributed by atoms with E-state index in [0.29, 0.717) is 19.4 Å². The van der Waals surface area contributed by atoms with E-state index in [9.17, 15) is 4.79 Å². The number of carbonyl (C=O) groups is 1. The van der Waals surface area contributed by atoms with Crippen molar-refractivity contribution in [2.24, 2.45) is 5.92 Å². The molecule has 0 spiro atoms. The molecule has 0 N–H and O–H groups in total. The van der Waals surface area contributed by atoms with Crippen molar-refractivity contribution >= 4 is 5.78 Å². The molecule has 0 aliphatic heterocycles. The lowest BCUT2D eigenvalue weighted by molar-refractivity contribution is -0.119. The maximum absolute atomic E-state index is 11.9. The monoisotopic (exact) mass is 238 g/mol. The lowest BCUT2D eigenvalue weighted by Gasteiger charge is -2.09. The Balaban J connectivity index is 2.55. The third kappa shape index (κ3) is 4.30. The minimum Gasteiger partial charge on any atom is -0.384 e. The summed E-state index contributed by atoms with van der Waals surface area (Å²) in [7, 11) is 1.66. The van der Waals surface area contributed by atoms with Gasteiger partial charge in [0.05, 0.1) is 5.69 Å². The van der Waals surface area contributed by atoms with Gasteiger partial charge in [-0.1, -0.05) is 6.92 Å². The van der Waals surface area contributed by atoms with E-state index in [1.165, 1.54) is 0 Å². The Morgan fingerprint density at radius 3 is 2.88 bits per heavy atom. The molecule has 1 rings (SSSR count). The molecule has 17 heavy (non-hydrogen) atoms. The fourth-order valence-corrected chi connectivity index (χ4v) is 2.02. The number of rotatable bonds is 7. The van der Waals surface area contributed by atoms with Crippen molar-refractivity contribution in [1.29, 1.82) is 0 Å². The number of hydrogen-bond acceptors (Lipinski definition) is 3. The molecule has 4 heteroatoms. The van der Waals surface area contributed by atoms with E-state index >= 15 is 0 Å². The van der Waals surface area contributed by atoms with Gasteiger partial charge >= 0.3 is 0 Å². The summed E-state index contributed by atoms with van der Waals surface area (Å²) in [5, 5.41) is 4.34. The molecule has 0 aliphatic carbocycles. The maximum Gasteiger partial charge on any atom is 0.139 e. The second-order valence-electron chi connectivity index (χ2n) is 4.57. The molecule has 4 nitrogen and oxygen atoms in total. The number of ketones is 1. The van der Waals surface area contributed by atoms with E-state index in [1.54, 1.807) is 7.11 Å². The summed E-state index contributed by atoms with van der Waals surface area (Å²) in [6.07, 6.45) is 1.05. The minimum atomic E-state index is 0.254. The van der Waals surface area contributed by atoms with Crippen LogP contribution < -0.4 is 0 Å². The van der Waals surface area contributed by atoms with Gasteiger partial charge in [-0.3, -0.25) is 9.48 Å². The van der Waals surface area contributed by atoms with E-state index in [4.69, 9.17) is 4.74 Å². The number of hydrogen-bond donors (Lipinski definition) is 0. The summed E-state index contributed by atoms with van der Waals surface area (Å²) in [5.74, 6) is 0.538. The van der Waals surface area contributed by atoms with Gasteiger partial charge in [-0.25, -0.2) is 0 Å². The highest BCUT2D eigenvalue weighted by Gasteiger charge is 2.13. The van der Waals surface area contributed by atoms with Crippen LogP contribution in [0.5, 0.6) is 0 Å². The van der Waals surface area contributed by atoms with Crippen molar-refractivity contribution in [3.05, 3.63) is 17.5 Å². The molecular formula is C13H22N2O2. The van der Waals surface area contributed by atoms with Gasteiger partial charge in [0.15, 0.2) is 0 Å². The van der Waals surface area contributed by atoms with E-state index in [2.05, 4.69) is 5.10 Å². The van der Waals surface area contributed by atoms with Gasteiger partial charge < -0.3 is 4.74 Å². The van der Waals surface area contributed by atoms with Crippen LogP contribution in [0.25, 0.3) is 0 Å². The predicted molar refractivity (Wildman–Crippen MR) is 67.0 cm³/mol. The van der Waals surface area contributed by atoms with E-state index < -0.39 is 0 Å². The molecule has 0 aromatic carbocycles. The zero-order chi connectivity index (χ0) is 12.8. The van der Waals surface area contributed by atoms with Gasteiger partial charge in [0.25, 0.3) is 0 Å². The van der Waals surface area contributed by atoms with Gasteiger partial charge in [-0.05, 0) is 25.8 Å². The summed E-state index contributed by atoms with van der Waals surface area (Å²) in [6, 6.07) is 1.99. The van der Waals surface area contributed by atoms with Crippen LogP contribution >= 0.6 is 0 Å². The topological polar surface area (TPSA) is 44.1 Å². The number of Topliss-reactive ketones (excluding diaryl/α,β-unsaturated/α-hetero) is 1. The molecule has 0 bridgehead atoms. The standard InChI is InChI=1S/C13H22N2O2/c1-5-15-12(7-11(3)14-15)8-13(16)6-10(2)9-17-4/h7,10H,5-6,8-9H2,1-4H3. The van der Waals surface area contributed by atoms with Crippen LogP contribution in [0.4, 0.5) is 0 Å². The zero-order valence-electron chi connectivity index (χ0n) is 11.2. The third-order valence-corrected chi connectivity index (χ3v) is 2.69. The first-order valence-corrected chi connectivity index (χ1v) is 6.10. The highest BCUT2D eigenvalue weighted by Crippen LogP contribution is 2.09. The Kier molecular flexibility index (Phi) is 5.35. The highest BCUT2D eigenvalue weighted by molar-refractivity contribution is 5.80. The van der Waals surface area contributed by atoms with E-state index in [-0.39, 0.29) is 11.7 Å². The summed E-state index contributed by atoms with van der Waals surface area (Å²) in [4.78, 5) is 11.9. The molecule has 1 aromatic heterocycles.